The summed E-state index contributed by atoms with van der Waals surface area (Å²) < 4.78 is 0. The summed E-state index contributed by atoms with van der Waals surface area (Å²) in [6.07, 6.45) is 12.0. The Morgan fingerprint density at radius 3 is 1.21 bits per heavy atom. The van der Waals surface area contributed by atoms with Crippen molar-refractivity contribution in [2.45, 2.75) is 59.3 Å². The summed E-state index contributed by atoms with van der Waals surface area (Å²) in [6.45, 7) is 6.80. The minimum atomic E-state index is -1.02. The molecular formula is C12H29NP+. The van der Waals surface area contributed by atoms with Gasteiger partial charge in [0.2, 0.25) is 0 Å². The molecule has 0 aromatic heterocycles. The summed E-state index contributed by atoms with van der Waals surface area (Å²) in [4.78, 5) is 0. The van der Waals surface area contributed by atoms with E-state index in [1.54, 1.807) is 0 Å². The highest BCUT2D eigenvalue weighted by Gasteiger charge is 2.30. The molecule has 0 amide bonds. The fourth-order valence-corrected chi connectivity index (χ4v) is 5.26. The van der Waals surface area contributed by atoms with Crippen LogP contribution in [0.4, 0.5) is 0 Å². The maximum atomic E-state index is 6.57. The average Bonchev–Trinajstić information content (AvgIpc) is 2.21. The van der Waals surface area contributed by atoms with Crippen LogP contribution in [0.5, 0.6) is 0 Å². The number of hydrogen-bond acceptors (Lipinski definition) is 1. The molecule has 0 aliphatic heterocycles. The first-order valence-electron chi connectivity index (χ1n) is 6.33. The van der Waals surface area contributed by atoms with Gasteiger partial charge in [0.25, 0.3) is 0 Å². The third-order valence-electron chi connectivity index (χ3n) is 2.87. The maximum Gasteiger partial charge on any atom is 0.0770 e. The summed E-state index contributed by atoms with van der Waals surface area (Å²) >= 11 is 0. The first-order valence-corrected chi connectivity index (χ1v) is 8.74. The molecule has 0 saturated heterocycles. The van der Waals surface area contributed by atoms with Crippen LogP contribution in [0.3, 0.4) is 0 Å². The van der Waals surface area contributed by atoms with Gasteiger partial charge in [-0.2, -0.15) is 0 Å². The number of unbranched alkanes of at least 4 members (excludes halogenated alkanes) is 3. The molecule has 86 valence electrons. The fourth-order valence-electron chi connectivity index (χ4n) is 1.75. The fraction of sp³-hybridized carbons (Fsp3) is 1.00. The average molecular weight is 218 g/mol. The Kier molecular flexibility index (Phi) is 8.92. The summed E-state index contributed by atoms with van der Waals surface area (Å²) in [5, 5.41) is 0. The Hall–Kier alpha value is 0.390. The SMILES string of the molecule is CCCC[P+](N)(CCCC)CCCC. The molecule has 0 heterocycles. The molecule has 0 aromatic carbocycles. The van der Waals surface area contributed by atoms with Crippen molar-refractivity contribution in [2.75, 3.05) is 18.5 Å². The van der Waals surface area contributed by atoms with Gasteiger partial charge < -0.3 is 0 Å². The molecule has 0 atom stereocenters. The number of nitrogens with two attached hydrogens (primary N) is 1. The first kappa shape index (κ1) is 14.4. The van der Waals surface area contributed by atoms with Gasteiger partial charge >= 0.3 is 0 Å². The van der Waals surface area contributed by atoms with Crippen LogP contribution in [0.25, 0.3) is 0 Å². The third kappa shape index (κ3) is 6.79. The Bertz CT molecular complexity index is 104. The van der Waals surface area contributed by atoms with Gasteiger partial charge in [0, 0.05) is 0 Å². The molecule has 0 aliphatic rings. The van der Waals surface area contributed by atoms with Crippen LogP contribution in [-0.4, -0.2) is 18.5 Å². The zero-order chi connectivity index (χ0) is 10.9. The zero-order valence-corrected chi connectivity index (χ0v) is 11.3. The molecular weight excluding hydrogens is 189 g/mol. The van der Waals surface area contributed by atoms with Crippen molar-refractivity contribution in [3.63, 3.8) is 0 Å². The summed E-state index contributed by atoms with van der Waals surface area (Å²) in [6, 6.07) is 0. The van der Waals surface area contributed by atoms with Crippen LogP contribution in [-0.2, 0) is 0 Å². The van der Waals surface area contributed by atoms with Gasteiger partial charge in [-0.25, -0.2) is 5.50 Å². The number of hydrogen-bond donors (Lipinski definition) is 1. The maximum absolute atomic E-state index is 6.57. The van der Waals surface area contributed by atoms with Crippen molar-refractivity contribution >= 4 is 7.41 Å². The lowest BCUT2D eigenvalue weighted by Gasteiger charge is -2.22. The van der Waals surface area contributed by atoms with Crippen LogP contribution in [0.1, 0.15) is 59.3 Å². The Labute approximate surface area is 91.2 Å². The standard InChI is InChI=1S/C12H29NP/c1-4-7-10-14(13,11-8-5-2)12-9-6-3/h4-13H2,1-3H3/q+1. The molecule has 1 nitrogen and oxygen atoms in total. The van der Waals surface area contributed by atoms with Crippen LogP contribution in [0.15, 0.2) is 0 Å². The lowest BCUT2D eigenvalue weighted by atomic mass is 10.4. The van der Waals surface area contributed by atoms with Crippen LogP contribution >= 0.6 is 7.41 Å². The van der Waals surface area contributed by atoms with Gasteiger partial charge in [0.1, 0.15) is 0 Å². The van der Waals surface area contributed by atoms with Crippen molar-refractivity contribution in [3.8, 4) is 0 Å². The Morgan fingerprint density at radius 2 is 1.00 bits per heavy atom. The zero-order valence-electron chi connectivity index (χ0n) is 10.4. The molecule has 0 spiro atoms. The van der Waals surface area contributed by atoms with E-state index in [9.17, 15) is 0 Å². The molecule has 0 fully saturated rings. The van der Waals surface area contributed by atoms with Crippen molar-refractivity contribution in [1.82, 2.24) is 0 Å². The predicted octanol–water partition coefficient (Wildman–Crippen LogP) is 4.28. The number of rotatable bonds is 9. The Morgan fingerprint density at radius 1 is 0.714 bits per heavy atom. The van der Waals surface area contributed by atoms with E-state index in [4.69, 9.17) is 5.50 Å². The topological polar surface area (TPSA) is 26.0 Å². The van der Waals surface area contributed by atoms with Gasteiger partial charge in [0.05, 0.1) is 25.9 Å². The molecule has 2 heteroatoms. The van der Waals surface area contributed by atoms with Crippen LogP contribution in [0.2, 0.25) is 0 Å². The molecule has 2 N–H and O–H groups in total. The van der Waals surface area contributed by atoms with Crippen molar-refractivity contribution in [3.05, 3.63) is 0 Å². The van der Waals surface area contributed by atoms with E-state index < -0.39 is 7.41 Å². The Balaban J connectivity index is 3.89. The van der Waals surface area contributed by atoms with Gasteiger partial charge in [0.15, 0.2) is 0 Å². The van der Waals surface area contributed by atoms with E-state index in [-0.39, 0.29) is 0 Å². The molecule has 14 heavy (non-hydrogen) atoms. The second-order valence-electron chi connectivity index (χ2n) is 4.45. The predicted molar refractivity (Wildman–Crippen MR) is 70.4 cm³/mol. The third-order valence-corrected chi connectivity index (χ3v) is 6.49. The molecule has 0 aliphatic carbocycles. The van der Waals surface area contributed by atoms with E-state index in [1.165, 1.54) is 57.0 Å². The van der Waals surface area contributed by atoms with Gasteiger partial charge in [-0.15, -0.1) is 0 Å². The van der Waals surface area contributed by atoms with Crippen LogP contribution < -0.4 is 5.50 Å². The summed E-state index contributed by atoms with van der Waals surface area (Å²) in [5.41, 5.74) is 6.57. The molecule has 0 unspecified atom stereocenters. The minimum Gasteiger partial charge on any atom is -0.205 e. The normalized spacial score (nSPS) is 12.0. The molecule has 0 aromatic rings. The van der Waals surface area contributed by atoms with E-state index in [1.807, 2.05) is 0 Å². The molecule has 0 radical (unpaired) electrons. The largest absolute Gasteiger partial charge is 0.205 e. The van der Waals surface area contributed by atoms with Crippen molar-refractivity contribution in [1.29, 1.82) is 0 Å². The van der Waals surface area contributed by atoms with Gasteiger partial charge in [-0.05, 0) is 19.3 Å². The second kappa shape index (κ2) is 8.68. The highest BCUT2D eigenvalue weighted by atomic mass is 31.2. The highest BCUT2D eigenvalue weighted by Crippen LogP contribution is 2.52. The second-order valence-corrected chi connectivity index (χ2v) is 8.23. The lowest BCUT2D eigenvalue weighted by Crippen LogP contribution is -2.16. The minimum absolute atomic E-state index is 1.02. The van der Waals surface area contributed by atoms with Crippen LogP contribution in [0, 0.1) is 0 Å². The van der Waals surface area contributed by atoms with Gasteiger partial charge in [-0.3, -0.25) is 0 Å². The highest BCUT2D eigenvalue weighted by molar-refractivity contribution is 7.73. The monoisotopic (exact) mass is 218 g/mol. The molecule has 0 rings (SSSR count). The van der Waals surface area contributed by atoms with E-state index in [2.05, 4.69) is 20.8 Å². The van der Waals surface area contributed by atoms with Gasteiger partial charge in [-0.1, -0.05) is 40.0 Å². The molecule has 0 bridgehead atoms. The summed E-state index contributed by atoms with van der Waals surface area (Å²) in [5.74, 6) is 0. The molecule has 0 saturated carbocycles. The summed E-state index contributed by atoms with van der Waals surface area (Å²) in [7, 11) is -1.02. The first-order chi connectivity index (χ1) is 6.68. The lowest BCUT2D eigenvalue weighted by molar-refractivity contribution is 0.835. The van der Waals surface area contributed by atoms with E-state index in [0.29, 0.717) is 0 Å². The quantitative estimate of drug-likeness (QED) is 0.574. The van der Waals surface area contributed by atoms with Crippen molar-refractivity contribution in [2.24, 2.45) is 5.50 Å². The smallest absolute Gasteiger partial charge is 0.0770 e. The van der Waals surface area contributed by atoms with E-state index >= 15 is 0 Å². The van der Waals surface area contributed by atoms with E-state index in [0.717, 1.165) is 0 Å². The van der Waals surface area contributed by atoms with Crippen molar-refractivity contribution < 1.29 is 0 Å².